The molecule has 2 nitrogen and oxygen atoms in total. The highest BCUT2D eigenvalue weighted by atomic mass is 15.1. The van der Waals surface area contributed by atoms with E-state index < -0.39 is 12.5 Å². The smallest absolute Gasteiger partial charge is 0.260 e. The number of hydrogen-bond acceptors (Lipinski definition) is 1. The molecule has 2 rings (SSSR count). The van der Waals surface area contributed by atoms with Gasteiger partial charge in [0, 0.05) is 35.6 Å². The summed E-state index contributed by atoms with van der Waals surface area (Å²) in [5, 5.41) is 0. The summed E-state index contributed by atoms with van der Waals surface area (Å²) in [5.41, 5.74) is 0.466. The second-order valence-electron chi connectivity index (χ2n) is 4.00. The van der Waals surface area contributed by atoms with Gasteiger partial charge >= 0.3 is 0 Å². The van der Waals surface area contributed by atoms with E-state index in [1.165, 1.54) is 4.90 Å². The van der Waals surface area contributed by atoms with Crippen LogP contribution in [0, 0.1) is 6.57 Å². The third kappa shape index (κ3) is 1.88. The van der Waals surface area contributed by atoms with E-state index in [-0.39, 0.29) is 0 Å². The molecule has 0 saturated carbocycles. The van der Waals surface area contributed by atoms with E-state index in [0.29, 0.717) is 25.9 Å². The number of nitrogens with zero attached hydrogens (tertiary/aromatic N) is 2. The number of hydrogen-bond donors (Lipinski definition) is 0. The van der Waals surface area contributed by atoms with Gasteiger partial charge in [0.25, 0.3) is 5.54 Å². The van der Waals surface area contributed by atoms with E-state index in [9.17, 15) is 0 Å². The molecule has 1 saturated heterocycles. The Labute approximate surface area is 95.6 Å². The second kappa shape index (κ2) is 4.04. The van der Waals surface area contributed by atoms with Gasteiger partial charge < -0.3 is 9.74 Å². The minimum Gasteiger partial charge on any atom is -0.306 e. The first kappa shape index (κ1) is 7.03. The van der Waals surface area contributed by atoms with Gasteiger partial charge in [0.2, 0.25) is 0 Å². The molecule has 1 aliphatic heterocycles. The molecule has 2 heteroatoms. The lowest BCUT2D eigenvalue weighted by molar-refractivity contribution is 0.216. The predicted octanol–water partition coefficient (Wildman–Crippen LogP) is 2.53. The van der Waals surface area contributed by atoms with Crippen molar-refractivity contribution in [2.24, 2.45) is 0 Å². The molecule has 0 aliphatic carbocycles. The summed E-state index contributed by atoms with van der Waals surface area (Å²) in [7, 11) is 0. The van der Waals surface area contributed by atoms with E-state index in [4.69, 9.17) is 10.7 Å². The van der Waals surface area contributed by atoms with Crippen LogP contribution in [0.5, 0.6) is 0 Å². The SMILES string of the molecule is [2H]C([2H])([2H])N1CCC([N+]#[C-])(c2ccccc2)CC1. The quantitative estimate of drug-likeness (QED) is 0.636. The van der Waals surface area contributed by atoms with Crippen LogP contribution in [0.2, 0.25) is 0 Å². The molecule has 15 heavy (non-hydrogen) atoms. The van der Waals surface area contributed by atoms with E-state index in [1.54, 1.807) is 0 Å². The Hall–Kier alpha value is -1.33. The largest absolute Gasteiger partial charge is 0.306 e. The summed E-state index contributed by atoms with van der Waals surface area (Å²) < 4.78 is 22.2. The molecule has 0 radical (unpaired) electrons. The molecule has 0 amide bonds. The van der Waals surface area contributed by atoms with Crippen molar-refractivity contribution in [2.75, 3.05) is 20.1 Å². The van der Waals surface area contributed by atoms with E-state index in [1.807, 2.05) is 30.3 Å². The summed E-state index contributed by atoms with van der Waals surface area (Å²) in [6, 6.07) is 9.71. The van der Waals surface area contributed by atoms with Crippen LogP contribution in [-0.2, 0) is 5.54 Å². The van der Waals surface area contributed by atoms with Crippen LogP contribution in [-0.4, -0.2) is 25.0 Å². The zero-order valence-corrected chi connectivity index (χ0v) is 8.61. The van der Waals surface area contributed by atoms with Crippen LogP contribution in [0.25, 0.3) is 4.85 Å². The highest BCUT2D eigenvalue weighted by molar-refractivity contribution is 5.28. The van der Waals surface area contributed by atoms with Crippen LogP contribution >= 0.6 is 0 Å². The lowest BCUT2D eigenvalue weighted by Gasteiger charge is -2.31. The van der Waals surface area contributed by atoms with Crippen molar-refractivity contribution < 1.29 is 4.11 Å². The summed E-state index contributed by atoms with van der Waals surface area (Å²) in [4.78, 5) is 5.29. The topological polar surface area (TPSA) is 7.60 Å². The van der Waals surface area contributed by atoms with Crippen LogP contribution in [0.1, 0.15) is 22.5 Å². The molecule has 0 atom stereocenters. The minimum atomic E-state index is -2.04. The summed E-state index contributed by atoms with van der Waals surface area (Å²) in [6.07, 6.45) is 1.16. The van der Waals surface area contributed by atoms with E-state index in [2.05, 4.69) is 4.85 Å². The number of likely N-dealkylation sites (tertiary alicyclic amines) is 1. The Bertz CT molecular complexity index is 440. The van der Waals surface area contributed by atoms with Gasteiger partial charge in [-0.15, -0.1) is 0 Å². The maximum absolute atomic E-state index is 7.47. The third-order valence-electron chi connectivity index (χ3n) is 3.12. The highest BCUT2D eigenvalue weighted by Gasteiger charge is 2.41. The molecule has 0 aromatic heterocycles. The van der Waals surface area contributed by atoms with E-state index in [0.717, 1.165) is 5.56 Å². The van der Waals surface area contributed by atoms with Crippen molar-refractivity contribution in [2.45, 2.75) is 18.4 Å². The van der Waals surface area contributed by atoms with Crippen molar-refractivity contribution in [1.82, 2.24) is 4.90 Å². The summed E-state index contributed by atoms with van der Waals surface area (Å²) >= 11 is 0. The minimum absolute atomic E-state index is 0.452. The molecule has 78 valence electrons. The number of rotatable bonds is 1. The van der Waals surface area contributed by atoms with Gasteiger partial charge in [0.05, 0.1) is 0 Å². The van der Waals surface area contributed by atoms with Crippen LogP contribution in [0.15, 0.2) is 30.3 Å². The van der Waals surface area contributed by atoms with E-state index >= 15 is 0 Å². The normalized spacial score (nSPS) is 24.6. The van der Waals surface area contributed by atoms with Gasteiger partial charge in [-0.2, -0.15) is 0 Å². The third-order valence-corrected chi connectivity index (χ3v) is 3.12. The van der Waals surface area contributed by atoms with Crippen molar-refractivity contribution in [3.8, 4) is 0 Å². The highest BCUT2D eigenvalue weighted by Crippen LogP contribution is 2.36. The molecule has 0 spiro atoms. The lowest BCUT2D eigenvalue weighted by Crippen LogP contribution is -2.38. The van der Waals surface area contributed by atoms with Crippen molar-refractivity contribution in [3.05, 3.63) is 47.3 Å². The average molecular weight is 203 g/mol. The van der Waals surface area contributed by atoms with Gasteiger partial charge in [-0.25, -0.2) is 6.57 Å². The molecule has 0 unspecified atom stereocenters. The molecule has 0 bridgehead atoms. The monoisotopic (exact) mass is 203 g/mol. The molecule has 1 aliphatic rings. The van der Waals surface area contributed by atoms with Gasteiger partial charge in [0.15, 0.2) is 0 Å². The van der Waals surface area contributed by atoms with Crippen LogP contribution in [0.4, 0.5) is 0 Å². The van der Waals surface area contributed by atoms with Gasteiger partial charge in [0.1, 0.15) is 0 Å². The fraction of sp³-hybridized carbons (Fsp3) is 0.462. The first-order valence-electron chi connectivity index (χ1n) is 6.67. The Balaban J connectivity index is 2.18. The number of benzene rings is 1. The fourth-order valence-corrected chi connectivity index (χ4v) is 2.09. The average Bonchev–Trinajstić information content (AvgIpc) is 2.39. The van der Waals surface area contributed by atoms with Crippen LogP contribution in [0.3, 0.4) is 0 Å². The van der Waals surface area contributed by atoms with Crippen molar-refractivity contribution in [3.63, 3.8) is 0 Å². The molecular formula is C13H16N2. The predicted molar refractivity (Wildman–Crippen MR) is 61.5 cm³/mol. The van der Waals surface area contributed by atoms with Crippen LogP contribution < -0.4 is 0 Å². The summed E-state index contributed by atoms with van der Waals surface area (Å²) in [6.45, 7) is 6.34. The molecule has 1 fully saturated rings. The lowest BCUT2D eigenvalue weighted by atomic mass is 9.82. The maximum Gasteiger partial charge on any atom is 0.260 e. The molecule has 1 heterocycles. The zero-order valence-electron chi connectivity index (χ0n) is 11.6. The van der Waals surface area contributed by atoms with Gasteiger partial charge in [-0.3, -0.25) is 0 Å². The fourth-order valence-electron chi connectivity index (χ4n) is 2.09. The first-order valence-corrected chi connectivity index (χ1v) is 5.17. The zero-order chi connectivity index (χ0) is 13.2. The van der Waals surface area contributed by atoms with Crippen molar-refractivity contribution >= 4 is 0 Å². The Morgan fingerprint density at radius 3 is 2.53 bits per heavy atom. The van der Waals surface area contributed by atoms with Gasteiger partial charge in [-0.05, 0) is 6.98 Å². The maximum atomic E-state index is 7.47. The molecule has 0 N–H and O–H groups in total. The Kier molecular flexibility index (Phi) is 1.89. The number of piperidine rings is 1. The molecule has 1 aromatic rings. The molecule has 1 aromatic carbocycles. The Morgan fingerprint density at radius 1 is 1.33 bits per heavy atom. The molecular weight excluding hydrogens is 184 g/mol. The standard InChI is InChI=1S/C13H16N2/c1-14-13(8-10-15(2)11-9-13)12-6-4-3-5-7-12/h3-7H,8-11H2,2H3/i2D3. The van der Waals surface area contributed by atoms with Gasteiger partial charge in [-0.1, -0.05) is 30.3 Å². The Morgan fingerprint density at radius 2 is 2.00 bits per heavy atom. The first-order chi connectivity index (χ1) is 8.48. The second-order valence-corrected chi connectivity index (χ2v) is 4.00. The summed E-state index contributed by atoms with van der Waals surface area (Å²) in [5.74, 6) is 0. The van der Waals surface area contributed by atoms with Crippen molar-refractivity contribution in [1.29, 1.82) is 0 Å².